The second-order valence-electron chi connectivity index (χ2n) is 6.37. The van der Waals surface area contributed by atoms with E-state index in [-0.39, 0.29) is 30.2 Å². The van der Waals surface area contributed by atoms with E-state index in [9.17, 15) is 13.2 Å². The van der Waals surface area contributed by atoms with Crippen molar-refractivity contribution in [3.05, 3.63) is 0 Å². The molecule has 0 saturated heterocycles. The number of carbonyl (C=O) groups excluding carboxylic acids is 1. The average Bonchev–Trinajstić information content (AvgIpc) is 2.72. The molecule has 0 aromatic rings. The van der Waals surface area contributed by atoms with Crippen molar-refractivity contribution in [2.45, 2.75) is 51.0 Å². The maximum atomic E-state index is 11.8. The molecule has 6 nitrogen and oxygen atoms in total. The van der Waals surface area contributed by atoms with Crippen molar-refractivity contribution in [1.82, 2.24) is 10.0 Å². The Morgan fingerprint density at radius 2 is 1.86 bits per heavy atom. The van der Waals surface area contributed by atoms with Gasteiger partial charge in [0.15, 0.2) is 0 Å². The van der Waals surface area contributed by atoms with Gasteiger partial charge in [-0.1, -0.05) is 12.8 Å². The molecule has 0 spiro atoms. The van der Waals surface area contributed by atoms with Gasteiger partial charge in [0.05, 0.1) is 5.75 Å². The Balaban J connectivity index is 1.59. The number of rotatable bonds is 8. The highest BCUT2D eigenvalue weighted by Crippen LogP contribution is 2.26. The Labute approximate surface area is 127 Å². The Kier molecular flexibility index (Phi) is 6.01. The number of nitrogens with one attached hydrogen (secondary N) is 2. The van der Waals surface area contributed by atoms with Gasteiger partial charge in [-0.2, -0.15) is 0 Å². The standard InChI is InChI=1S/C14H27N3O3S/c15-13-6-2-5-12(13)9-14(18)16-7-8-21(19,20)17-10-11-3-1-4-11/h11-13,17H,1-10,15H2,(H,16,18)/t12-,13+/m0/s1. The smallest absolute Gasteiger partial charge is 0.220 e. The van der Waals surface area contributed by atoms with Crippen LogP contribution in [0.4, 0.5) is 0 Å². The molecule has 0 bridgehead atoms. The molecular formula is C14H27N3O3S. The molecule has 4 N–H and O–H groups in total. The lowest BCUT2D eigenvalue weighted by molar-refractivity contribution is -0.121. The fourth-order valence-electron chi connectivity index (χ4n) is 2.97. The van der Waals surface area contributed by atoms with E-state index in [2.05, 4.69) is 10.0 Å². The Hall–Kier alpha value is -0.660. The van der Waals surface area contributed by atoms with Gasteiger partial charge in [0.1, 0.15) is 0 Å². The van der Waals surface area contributed by atoms with E-state index in [0.717, 1.165) is 32.1 Å². The lowest BCUT2D eigenvalue weighted by atomic mass is 9.86. The molecule has 7 heteroatoms. The summed E-state index contributed by atoms with van der Waals surface area (Å²) in [6, 6.07) is 0.114. The summed E-state index contributed by atoms with van der Waals surface area (Å²) in [5, 5.41) is 2.69. The Bertz CT molecular complexity index is 448. The van der Waals surface area contributed by atoms with E-state index in [1.807, 2.05) is 0 Å². The normalized spacial score (nSPS) is 26.5. The molecule has 2 rings (SSSR count). The van der Waals surface area contributed by atoms with Crippen LogP contribution in [0.25, 0.3) is 0 Å². The van der Waals surface area contributed by atoms with Crippen LogP contribution in [0.1, 0.15) is 44.9 Å². The summed E-state index contributed by atoms with van der Waals surface area (Å²) in [5.74, 6) is 0.602. The van der Waals surface area contributed by atoms with Gasteiger partial charge in [-0.3, -0.25) is 4.79 Å². The summed E-state index contributed by atoms with van der Waals surface area (Å²) in [7, 11) is -3.28. The van der Waals surface area contributed by atoms with Crippen LogP contribution in [0.3, 0.4) is 0 Å². The van der Waals surface area contributed by atoms with E-state index in [1.165, 1.54) is 6.42 Å². The highest BCUT2D eigenvalue weighted by molar-refractivity contribution is 7.89. The topological polar surface area (TPSA) is 101 Å². The van der Waals surface area contributed by atoms with Crippen LogP contribution >= 0.6 is 0 Å². The third kappa shape index (κ3) is 5.56. The molecule has 2 fully saturated rings. The molecule has 2 atom stereocenters. The van der Waals surface area contributed by atoms with E-state index in [4.69, 9.17) is 5.73 Å². The van der Waals surface area contributed by atoms with Crippen LogP contribution in [0.5, 0.6) is 0 Å². The minimum atomic E-state index is -3.28. The van der Waals surface area contributed by atoms with Crippen molar-refractivity contribution in [2.24, 2.45) is 17.6 Å². The second kappa shape index (κ2) is 7.56. The summed E-state index contributed by atoms with van der Waals surface area (Å²) in [5.41, 5.74) is 5.93. The first-order chi connectivity index (χ1) is 9.96. The van der Waals surface area contributed by atoms with Crippen molar-refractivity contribution >= 4 is 15.9 Å². The molecule has 0 aromatic carbocycles. The number of hydrogen-bond donors (Lipinski definition) is 3. The third-order valence-electron chi connectivity index (χ3n) is 4.68. The van der Waals surface area contributed by atoms with Gasteiger partial charge in [0.25, 0.3) is 0 Å². The minimum Gasteiger partial charge on any atom is -0.355 e. The predicted octanol–water partition coefficient (Wildman–Crippen LogP) is 0.340. The highest BCUT2D eigenvalue weighted by atomic mass is 32.2. The van der Waals surface area contributed by atoms with E-state index >= 15 is 0 Å². The maximum Gasteiger partial charge on any atom is 0.220 e. The molecule has 0 aromatic heterocycles. The summed E-state index contributed by atoms with van der Waals surface area (Å²) in [6.45, 7) is 0.702. The van der Waals surface area contributed by atoms with Crippen molar-refractivity contribution in [3.8, 4) is 0 Å². The largest absolute Gasteiger partial charge is 0.355 e. The van der Waals surface area contributed by atoms with E-state index in [0.29, 0.717) is 18.9 Å². The fraction of sp³-hybridized carbons (Fsp3) is 0.929. The molecular weight excluding hydrogens is 290 g/mol. The van der Waals surface area contributed by atoms with E-state index in [1.54, 1.807) is 0 Å². The number of hydrogen-bond acceptors (Lipinski definition) is 4. The summed E-state index contributed by atoms with van der Waals surface area (Å²) in [6.07, 6.45) is 6.90. The van der Waals surface area contributed by atoms with Gasteiger partial charge in [0.2, 0.25) is 15.9 Å². The lowest BCUT2D eigenvalue weighted by Crippen LogP contribution is -2.38. The SMILES string of the molecule is N[C@@H]1CCC[C@H]1CC(=O)NCCS(=O)(=O)NCC1CCC1. The van der Waals surface area contributed by atoms with Crippen LogP contribution in [-0.2, 0) is 14.8 Å². The van der Waals surface area contributed by atoms with Crippen LogP contribution in [0.2, 0.25) is 0 Å². The number of sulfonamides is 1. The minimum absolute atomic E-state index is 0.0534. The van der Waals surface area contributed by atoms with Gasteiger partial charge < -0.3 is 11.1 Å². The molecule has 1 amide bonds. The molecule has 122 valence electrons. The van der Waals surface area contributed by atoms with Crippen molar-refractivity contribution < 1.29 is 13.2 Å². The zero-order chi connectivity index (χ0) is 15.3. The maximum absolute atomic E-state index is 11.8. The quantitative estimate of drug-likeness (QED) is 0.601. The number of nitrogens with two attached hydrogens (primary N) is 1. The summed E-state index contributed by atoms with van der Waals surface area (Å²) in [4.78, 5) is 11.8. The molecule has 0 unspecified atom stereocenters. The lowest BCUT2D eigenvalue weighted by Gasteiger charge is -2.25. The van der Waals surface area contributed by atoms with Crippen LogP contribution in [0, 0.1) is 11.8 Å². The second-order valence-corrected chi connectivity index (χ2v) is 8.30. The van der Waals surface area contributed by atoms with Gasteiger partial charge in [-0.05, 0) is 37.5 Å². The number of carbonyl (C=O) groups is 1. The first-order valence-corrected chi connectivity index (χ1v) is 9.61. The van der Waals surface area contributed by atoms with Crippen LogP contribution in [0.15, 0.2) is 0 Å². The van der Waals surface area contributed by atoms with Gasteiger partial charge in [-0.15, -0.1) is 0 Å². The summed E-state index contributed by atoms with van der Waals surface area (Å²) < 4.78 is 26.2. The summed E-state index contributed by atoms with van der Waals surface area (Å²) >= 11 is 0. The first kappa shape index (κ1) is 16.7. The first-order valence-electron chi connectivity index (χ1n) is 7.96. The number of amides is 1. The van der Waals surface area contributed by atoms with Crippen molar-refractivity contribution in [1.29, 1.82) is 0 Å². The molecule has 0 aliphatic heterocycles. The highest BCUT2D eigenvalue weighted by Gasteiger charge is 2.26. The molecule has 2 saturated carbocycles. The molecule has 21 heavy (non-hydrogen) atoms. The average molecular weight is 317 g/mol. The van der Waals surface area contributed by atoms with Crippen LogP contribution < -0.4 is 15.8 Å². The molecule has 0 radical (unpaired) electrons. The van der Waals surface area contributed by atoms with Crippen molar-refractivity contribution in [3.63, 3.8) is 0 Å². The third-order valence-corrected chi connectivity index (χ3v) is 6.02. The monoisotopic (exact) mass is 317 g/mol. The molecule has 2 aliphatic carbocycles. The van der Waals surface area contributed by atoms with Crippen LogP contribution in [-0.4, -0.2) is 39.2 Å². The van der Waals surface area contributed by atoms with Crippen molar-refractivity contribution in [2.75, 3.05) is 18.8 Å². The fourth-order valence-corrected chi connectivity index (χ4v) is 3.97. The molecule has 2 aliphatic rings. The zero-order valence-corrected chi connectivity index (χ0v) is 13.3. The Morgan fingerprint density at radius 1 is 1.14 bits per heavy atom. The zero-order valence-electron chi connectivity index (χ0n) is 12.5. The van der Waals surface area contributed by atoms with Gasteiger partial charge >= 0.3 is 0 Å². The van der Waals surface area contributed by atoms with E-state index < -0.39 is 10.0 Å². The van der Waals surface area contributed by atoms with Gasteiger partial charge in [0, 0.05) is 25.6 Å². The predicted molar refractivity (Wildman–Crippen MR) is 82.1 cm³/mol. The molecule has 0 heterocycles. The Morgan fingerprint density at radius 3 is 2.43 bits per heavy atom. The van der Waals surface area contributed by atoms with Gasteiger partial charge in [-0.25, -0.2) is 13.1 Å².